The number of rotatable bonds is 6. The van der Waals surface area contributed by atoms with Gasteiger partial charge in [0.15, 0.2) is 5.78 Å². The number of hydrogen-bond acceptors (Lipinski definition) is 3. The summed E-state index contributed by atoms with van der Waals surface area (Å²) in [5, 5.41) is 10.3. The molecule has 1 aromatic carbocycles. The van der Waals surface area contributed by atoms with Crippen molar-refractivity contribution in [2.75, 3.05) is 20.1 Å². The van der Waals surface area contributed by atoms with Crippen LogP contribution < -0.4 is 0 Å². The third kappa shape index (κ3) is 4.12. The van der Waals surface area contributed by atoms with Gasteiger partial charge in [-0.1, -0.05) is 12.8 Å². The topological polar surface area (TPSA) is 40.5 Å². The van der Waals surface area contributed by atoms with E-state index in [1.807, 2.05) is 11.9 Å². The lowest BCUT2D eigenvalue weighted by molar-refractivity contribution is 0.0162. The van der Waals surface area contributed by atoms with Gasteiger partial charge in [-0.05, 0) is 44.2 Å². The first kappa shape index (κ1) is 15.1. The number of nitrogens with zero attached hydrogens (tertiary/aromatic N) is 1. The Morgan fingerprint density at radius 1 is 1.30 bits per heavy atom. The summed E-state index contributed by atoms with van der Waals surface area (Å²) < 4.78 is 12.8. The van der Waals surface area contributed by atoms with E-state index in [9.17, 15) is 14.3 Å². The molecular formula is C16H22FNO2. The van der Waals surface area contributed by atoms with Crippen molar-refractivity contribution in [2.45, 2.75) is 37.7 Å². The molecule has 1 aliphatic carbocycles. The van der Waals surface area contributed by atoms with E-state index in [0.717, 1.165) is 25.7 Å². The maximum Gasteiger partial charge on any atom is 0.164 e. The van der Waals surface area contributed by atoms with E-state index in [4.69, 9.17) is 0 Å². The molecule has 0 heterocycles. The predicted molar refractivity (Wildman–Crippen MR) is 76.3 cm³/mol. The van der Waals surface area contributed by atoms with Gasteiger partial charge in [-0.25, -0.2) is 4.39 Å². The molecule has 0 bridgehead atoms. The van der Waals surface area contributed by atoms with Crippen molar-refractivity contribution in [2.24, 2.45) is 0 Å². The fourth-order valence-corrected chi connectivity index (χ4v) is 2.85. The van der Waals surface area contributed by atoms with E-state index in [2.05, 4.69) is 0 Å². The van der Waals surface area contributed by atoms with E-state index in [0.29, 0.717) is 25.1 Å². The highest BCUT2D eigenvalue weighted by Crippen LogP contribution is 2.29. The van der Waals surface area contributed by atoms with E-state index >= 15 is 0 Å². The molecule has 110 valence electrons. The summed E-state index contributed by atoms with van der Waals surface area (Å²) in [4.78, 5) is 14.0. The Hall–Kier alpha value is -1.26. The number of benzene rings is 1. The van der Waals surface area contributed by atoms with Crippen LogP contribution >= 0.6 is 0 Å². The lowest BCUT2D eigenvalue weighted by Gasteiger charge is -2.28. The molecule has 1 fully saturated rings. The second-order valence-corrected chi connectivity index (χ2v) is 5.85. The van der Waals surface area contributed by atoms with Crippen LogP contribution in [-0.4, -0.2) is 41.5 Å². The molecule has 4 heteroatoms. The number of ketones is 1. The number of hydrogen-bond donors (Lipinski definition) is 1. The Morgan fingerprint density at radius 3 is 2.50 bits per heavy atom. The lowest BCUT2D eigenvalue weighted by atomic mass is 10.0. The van der Waals surface area contributed by atoms with Crippen LogP contribution in [0.2, 0.25) is 0 Å². The molecule has 0 unspecified atom stereocenters. The van der Waals surface area contributed by atoms with Crippen molar-refractivity contribution in [1.82, 2.24) is 4.90 Å². The number of aliphatic hydroxyl groups is 1. The molecule has 1 aromatic rings. The van der Waals surface area contributed by atoms with Crippen LogP contribution in [0.15, 0.2) is 24.3 Å². The highest BCUT2D eigenvalue weighted by molar-refractivity contribution is 5.96. The van der Waals surface area contributed by atoms with Crippen molar-refractivity contribution in [3.8, 4) is 0 Å². The lowest BCUT2D eigenvalue weighted by Crippen LogP contribution is -2.39. The fourth-order valence-electron chi connectivity index (χ4n) is 2.85. The van der Waals surface area contributed by atoms with Gasteiger partial charge >= 0.3 is 0 Å². The molecule has 1 aliphatic rings. The summed E-state index contributed by atoms with van der Waals surface area (Å²) in [6.45, 7) is 1.22. The minimum Gasteiger partial charge on any atom is -0.389 e. The smallest absolute Gasteiger partial charge is 0.164 e. The minimum atomic E-state index is -0.576. The van der Waals surface area contributed by atoms with E-state index in [1.54, 1.807) is 0 Å². The van der Waals surface area contributed by atoms with Gasteiger partial charge in [-0.3, -0.25) is 4.79 Å². The molecule has 3 nitrogen and oxygen atoms in total. The van der Waals surface area contributed by atoms with Crippen LogP contribution in [0.4, 0.5) is 4.39 Å². The highest BCUT2D eigenvalue weighted by Gasteiger charge is 2.32. The number of carbonyl (C=O) groups is 1. The van der Waals surface area contributed by atoms with E-state index < -0.39 is 5.60 Å². The molecule has 1 N–H and O–H groups in total. The summed E-state index contributed by atoms with van der Waals surface area (Å²) in [6, 6.07) is 5.64. The summed E-state index contributed by atoms with van der Waals surface area (Å²) in [5.41, 5.74) is -0.0346. The van der Waals surface area contributed by atoms with Gasteiger partial charge < -0.3 is 10.0 Å². The largest absolute Gasteiger partial charge is 0.389 e. The molecule has 0 radical (unpaired) electrons. The third-order valence-electron chi connectivity index (χ3n) is 3.99. The maximum atomic E-state index is 12.8. The molecule has 0 aliphatic heterocycles. The second-order valence-electron chi connectivity index (χ2n) is 5.85. The molecule has 20 heavy (non-hydrogen) atoms. The molecule has 1 saturated carbocycles. The zero-order valence-electron chi connectivity index (χ0n) is 11.9. The molecule has 0 saturated heterocycles. The van der Waals surface area contributed by atoms with Crippen molar-refractivity contribution in [3.05, 3.63) is 35.6 Å². The quantitative estimate of drug-likeness (QED) is 0.814. The van der Waals surface area contributed by atoms with Crippen molar-refractivity contribution in [3.63, 3.8) is 0 Å². The van der Waals surface area contributed by atoms with Crippen molar-refractivity contribution < 1.29 is 14.3 Å². The highest BCUT2D eigenvalue weighted by atomic mass is 19.1. The molecule has 0 spiro atoms. The third-order valence-corrected chi connectivity index (χ3v) is 3.99. The number of halogens is 1. The average molecular weight is 279 g/mol. The van der Waals surface area contributed by atoms with Gasteiger partial charge in [-0.15, -0.1) is 0 Å². The number of likely N-dealkylation sites (N-methyl/N-ethyl adjacent to an activating group) is 1. The SMILES string of the molecule is CN(CCC(=O)c1ccc(F)cc1)CC1(O)CCCC1. The van der Waals surface area contributed by atoms with Crippen LogP contribution in [0.5, 0.6) is 0 Å². The zero-order chi connectivity index (χ0) is 14.6. The van der Waals surface area contributed by atoms with Crippen LogP contribution in [-0.2, 0) is 0 Å². The Labute approximate surface area is 119 Å². The Morgan fingerprint density at radius 2 is 1.90 bits per heavy atom. The Balaban J connectivity index is 1.79. The first-order valence-corrected chi connectivity index (χ1v) is 7.18. The van der Waals surface area contributed by atoms with Gasteiger partial charge in [0, 0.05) is 25.1 Å². The van der Waals surface area contributed by atoms with Crippen LogP contribution in [0.3, 0.4) is 0 Å². The summed E-state index contributed by atoms with van der Waals surface area (Å²) >= 11 is 0. The Kier molecular flexibility index (Phi) is 4.89. The average Bonchev–Trinajstić information content (AvgIpc) is 2.83. The predicted octanol–water partition coefficient (Wildman–Crippen LogP) is 2.64. The first-order chi connectivity index (χ1) is 9.48. The minimum absolute atomic E-state index is 0.00950. The van der Waals surface area contributed by atoms with E-state index in [1.165, 1.54) is 24.3 Å². The van der Waals surface area contributed by atoms with Gasteiger partial charge in [0.05, 0.1) is 5.60 Å². The van der Waals surface area contributed by atoms with Gasteiger partial charge in [0.25, 0.3) is 0 Å². The summed E-state index contributed by atoms with van der Waals surface area (Å²) in [7, 11) is 1.92. The first-order valence-electron chi connectivity index (χ1n) is 7.18. The number of carbonyl (C=O) groups excluding carboxylic acids is 1. The summed E-state index contributed by atoms with van der Waals surface area (Å²) in [5.74, 6) is -0.322. The van der Waals surface area contributed by atoms with Crippen LogP contribution in [0.25, 0.3) is 0 Å². The van der Waals surface area contributed by atoms with E-state index in [-0.39, 0.29) is 11.6 Å². The van der Waals surface area contributed by atoms with Crippen molar-refractivity contribution >= 4 is 5.78 Å². The normalized spacial score (nSPS) is 17.6. The number of Topliss-reactive ketones (excluding diaryl/α,β-unsaturated/α-hetero) is 1. The standard InChI is InChI=1S/C16H22FNO2/c1-18(12-16(20)9-2-3-10-16)11-8-15(19)13-4-6-14(17)7-5-13/h4-7,20H,2-3,8-12H2,1H3. The monoisotopic (exact) mass is 279 g/mol. The maximum absolute atomic E-state index is 12.8. The van der Waals surface area contributed by atoms with Crippen LogP contribution in [0, 0.1) is 5.82 Å². The van der Waals surface area contributed by atoms with Crippen LogP contribution in [0.1, 0.15) is 42.5 Å². The fraction of sp³-hybridized carbons (Fsp3) is 0.562. The van der Waals surface area contributed by atoms with Crippen molar-refractivity contribution in [1.29, 1.82) is 0 Å². The molecule has 0 aromatic heterocycles. The van der Waals surface area contributed by atoms with Gasteiger partial charge in [-0.2, -0.15) is 0 Å². The second kappa shape index (κ2) is 6.46. The Bertz CT molecular complexity index is 452. The van der Waals surface area contributed by atoms with Gasteiger partial charge in [0.1, 0.15) is 5.82 Å². The summed E-state index contributed by atoms with van der Waals surface area (Å²) in [6.07, 6.45) is 4.25. The molecular weight excluding hydrogens is 257 g/mol. The molecule has 0 atom stereocenters. The van der Waals surface area contributed by atoms with Gasteiger partial charge in [0.2, 0.25) is 0 Å². The molecule has 2 rings (SSSR count). The molecule has 0 amide bonds. The zero-order valence-corrected chi connectivity index (χ0v) is 11.9.